The lowest BCUT2D eigenvalue weighted by Crippen LogP contribution is -2.08. The van der Waals surface area contributed by atoms with Gasteiger partial charge in [0.15, 0.2) is 0 Å². The summed E-state index contributed by atoms with van der Waals surface area (Å²) in [5.41, 5.74) is 2.60. The molecular formula is C18H16ClFN2O3. The molecule has 130 valence electrons. The number of aryl methyl sites for hydroxylation is 1. The molecule has 2 aromatic rings. The first-order chi connectivity index (χ1) is 12.1. The van der Waals surface area contributed by atoms with Crippen molar-refractivity contribution >= 4 is 28.6 Å². The smallest absolute Gasteiger partial charge is 0.349 e. The van der Waals surface area contributed by atoms with Gasteiger partial charge in [-0.2, -0.15) is 0 Å². The molecule has 0 saturated heterocycles. The summed E-state index contributed by atoms with van der Waals surface area (Å²) in [5.74, 6) is -0.857. The number of nitrogens with zero attached hydrogens (tertiary/aromatic N) is 2. The van der Waals surface area contributed by atoms with Crippen LogP contribution in [0.4, 0.5) is 4.53 Å². The maximum absolute atomic E-state index is 12.0. The minimum Gasteiger partial charge on any atom is -0.506 e. The highest BCUT2D eigenvalue weighted by molar-refractivity contribution is 6.31. The van der Waals surface area contributed by atoms with E-state index in [1.54, 1.807) is 6.07 Å². The van der Waals surface area contributed by atoms with Crippen LogP contribution in [0.1, 0.15) is 18.5 Å². The summed E-state index contributed by atoms with van der Waals surface area (Å²) in [4.78, 5) is 18.7. The number of halogens is 2. The van der Waals surface area contributed by atoms with E-state index in [1.165, 1.54) is 6.20 Å². The summed E-state index contributed by atoms with van der Waals surface area (Å²) >= 11 is 6.01. The Bertz CT molecular complexity index is 899. The zero-order valence-electron chi connectivity index (χ0n) is 13.3. The van der Waals surface area contributed by atoms with Gasteiger partial charge in [-0.15, -0.1) is 0 Å². The van der Waals surface area contributed by atoms with E-state index in [0.717, 1.165) is 23.1 Å². The fraction of sp³-hybridized carbons (Fsp3) is 0.222. The average Bonchev–Trinajstić information content (AvgIpc) is 2.78. The van der Waals surface area contributed by atoms with Crippen molar-refractivity contribution in [2.75, 3.05) is 0 Å². The van der Waals surface area contributed by atoms with E-state index in [4.69, 9.17) is 11.6 Å². The Labute approximate surface area is 148 Å². The van der Waals surface area contributed by atoms with E-state index in [-0.39, 0.29) is 12.2 Å². The molecule has 1 aliphatic rings. The third-order valence-corrected chi connectivity index (χ3v) is 4.23. The van der Waals surface area contributed by atoms with Gasteiger partial charge in [0.25, 0.3) is 0 Å². The van der Waals surface area contributed by atoms with Gasteiger partial charge in [0.2, 0.25) is 0 Å². The minimum absolute atomic E-state index is 0.0608. The Morgan fingerprint density at radius 1 is 1.40 bits per heavy atom. The molecule has 2 aromatic heterocycles. The molecule has 1 aliphatic carbocycles. The largest absolute Gasteiger partial charge is 0.506 e. The third-order valence-electron chi connectivity index (χ3n) is 3.97. The molecule has 0 unspecified atom stereocenters. The van der Waals surface area contributed by atoms with Crippen molar-refractivity contribution in [3.8, 4) is 5.75 Å². The maximum atomic E-state index is 12.0. The SMILES string of the molecule is O=C(CCc1cc2cc(O)cnc2n1CC1=CC=C(Cl)C=CC1)OF. The lowest BCUT2D eigenvalue weighted by Gasteiger charge is -2.11. The van der Waals surface area contributed by atoms with Crippen LogP contribution >= 0.6 is 11.6 Å². The van der Waals surface area contributed by atoms with Crippen LogP contribution in [0, 0.1) is 0 Å². The molecule has 1 N–H and O–H groups in total. The summed E-state index contributed by atoms with van der Waals surface area (Å²) in [5, 5.41) is 11.0. The van der Waals surface area contributed by atoms with Gasteiger partial charge in [0.1, 0.15) is 11.4 Å². The topological polar surface area (TPSA) is 64.3 Å². The molecule has 3 rings (SSSR count). The Balaban J connectivity index is 1.96. The Morgan fingerprint density at radius 3 is 3.04 bits per heavy atom. The van der Waals surface area contributed by atoms with E-state index in [2.05, 4.69) is 9.93 Å². The molecule has 0 amide bonds. The summed E-state index contributed by atoms with van der Waals surface area (Å²) in [6, 6.07) is 3.44. The Morgan fingerprint density at radius 2 is 2.24 bits per heavy atom. The van der Waals surface area contributed by atoms with Crippen LogP contribution in [0.3, 0.4) is 0 Å². The molecule has 0 atom stereocenters. The van der Waals surface area contributed by atoms with Crippen LogP contribution in [-0.2, 0) is 22.7 Å². The van der Waals surface area contributed by atoms with Crippen molar-refractivity contribution in [3.63, 3.8) is 0 Å². The first-order valence-corrected chi connectivity index (χ1v) is 8.15. The fourth-order valence-corrected chi connectivity index (χ4v) is 2.96. The quantitative estimate of drug-likeness (QED) is 0.869. The second kappa shape index (κ2) is 7.53. The van der Waals surface area contributed by atoms with Gasteiger partial charge in [-0.05, 0) is 42.7 Å². The van der Waals surface area contributed by atoms with Crippen molar-refractivity contribution in [1.82, 2.24) is 9.55 Å². The van der Waals surface area contributed by atoms with Gasteiger partial charge in [0.05, 0.1) is 12.6 Å². The van der Waals surface area contributed by atoms with E-state index < -0.39 is 5.97 Å². The van der Waals surface area contributed by atoms with E-state index in [1.807, 2.05) is 34.9 Å². The predicted octanol–water partition coefficient (Wildman–Crippen LogP) is 4.11. The van der Waals surface area contributed by atoms with Crippen molar-refractivity contribution < 1.29 is 19.4 Å². The molecule has 0 aromatic carbocycles. The van der Waals surface area contributed by atoms with Crippen LogP contribution in [0.2, 0.25) is 0 Å². The summed E-state index contributed by atoms with van der Waals surface area (Å²) < 4.78 is 13.9. The highest BCUT2D eigenvalue weighted by atomic mass is 35.5. The van der Waals surface area contributed by atoms with Gasteiger partial charge < -0.3 is 9.67 Å². The second-order valence-corrected chi connectivity index (χ2v) is 6.20. The normalized spacial score (nSPS) is 14.2. The number of pyridine rings is 1. The van der Waals surface area contributed by atoms with Crippen LogP contribution < -0.4 is 0 Å². The number of allylic oxidation sites excluding steroid dienone is 6. The Kier molecular flexibility index (Phi) is 5.19. The van der Waals surface area contributed by atoms with Crippen LogP contribution in [0.25, 0.3) is 11.0 Å². The van der Waals surface area contributed by atoms with Crippen molar-refractivity contribution in [2.45, 2.75) is 25.8 Å². The maximum Gasteiger partial charge on any atom is 0.349 e. The van der Waals surface area contributed by atoms with Crippen LogP contribution in [-0.4, -0.2) is 20.6 Å². The zero-order chi connectivity index (χ0) is 17.8. The molecular weight excluding hydrogens is 347 g/mol. The number of carbonyl (C=O) groups is 1. The standard InChI is InChI=1S/C18H16ClFN2O3/c19-14-3-1-2-12(4-5-14)11-22-15(6-7-17(24)25-20)8-13-9-16(23)10-21-18(13)22/h1,3-5,8-10,23H,2,6-7,11H2. The second-order valence-electron chi connectivity index (χ2n) is 5.76. The number of aromatic nitrogens is 2. The molecule has 0 radical (unpaired) electrons. The molecule has 7 heteroatoms. The number of aromatic hydroxyl groups is 1. The molecule has 0 aliphatic heterocycles. The first kappa shape index (κ1) is 17.2. The lowest BCUT2D eigenvalue weighted by atomic mass is 10.1. The van der Waals surface area contributed by atoms with Crippen LogP contribution in [0.5, 0.6) is 5.75 Å². The number of carbonyl (C=O) groups excluding carboxylic acids is 1. The zero-order valence-corrected chi connectivity index (χ0v) is 14.0. The van der Waals surface area contributed by atoms with Gasteiger partial charge >= 0.3 is 5.97 Å². The molecule has 0 fully saturated rings. The molecule has 0 spiro atoms. The number of hydrogen-bond donors (Lipinski definition) is 1. The van der Waals surface area contributed by atoms with Gasteiger partial charge in [-0.3, -0.25) is 4.94 Å². The number of hydrogen-bond acceptors (Lipinski definition) is 4. The Hall–Kier alpha value is -2.60. The molecule has 0 bridgehead atoms. The van der Waals surface area contributed by atoms with Crippen LogP contribution in [0.15, 0.2) is 53.2 Å². The van der Waals surface area contributed by atoms with Crippen molar-refractivity contribution in [3.05, 3.63) is 58.9 Å². The average molecular weight is 363 g/mol. The molecule has 2 heterocycles. The van der Waals surface area contributed by atoms with E-state index >= 15 is 0 Å². The predicted molar refractivity (Wildman–Crippen MR) is 92.7 cm³/mol. The monoisotopic (exact) mass is 362 g/mol. The van der Waals surface area contributed by atoms with E-state index in [0.29, 0.717) is 23.6 Å². The molecule has 25 heavy (non-hydrogen) atoms. The number of rotatable bonds is 5. The highest BCUT2D eigenvalue weighted by Gasteiger charge is 2.14. The minimum atomic E-state index is -0.918. The summed E-state index contributed by atoms with van der Waals surface area (Å²) in [6.45, 7) is 0.548. The molecule has 5 nitrogen and oxygen atoms in total. The van der Waals surface area contributed by atoms with Gasteiger partial charge in [-0.25, -0.2) is 9.78 Å². The lowest BCUT2D eigenvalue weighted by molar-refractivity contribution is -0.183. The molecule has 0 saturated carbocycles. The van der Waals surface area contributed by atoms with E-state index in [9.17, 15) is 14.4 Å². The fourth-order valence-electron chi connectivity index (χ4n) is 2.80. The van der Waals surface area contributed by atoms with Gasteiger partial charge in [0, 0.05) is 27.2 Å². The highest BCUT2D eigenvalue weighted by Crippen LogP contribution is 2.25. The van der Waals surface area contributed by atoms with Crippen molar-refractivity contribution in [1.29, 1.82) is 0 Å². The van der Waals surface area contributed by atoms with Crippen molar-refractivity contribution in [2.24, 2.45) is 0 Å². The number of fused-ring (bicyclic) bond motifs is 1. The summed E-state index contributed by atoms with van der Waals surface area (Å²) in [6.07, 6.45) is 9.92. The summed E-state index contributed by atoms with van der Waals surface area (Å²) in [7, 11) is 0. The van der Waals surface area contributed by atoms with Gasteiger partial charge in [-0.1, -0.05) is 23.8 Å². The first-order valence-electron chi connectivity index (χ1n) is 7.77. The third kappa shape index (κ3) is 4.09.